The predicted molar refractivity (Wildman–Crippen MR) is 135 cm³/mol. The number of fused-ring (bicyclic) bond motifs is 1. The molecule has 2 N–H and O–H groups in total. The van der Waals surface area contributed by atoms with Crippen LogP contribution in [-0.4, -0.2) is 37.4 Å². The minimum Gasteiger partial charge on any atom is -0.493 e. The lowest BCUT2D eigenvalue weighted by Crippen LogP contribution is -2.31. The van der Waals surface area contributed by atoms with Crippen LogP contribution in [0.3, 0.4) is 0 Å². The van der Waals surface area contributed by atoms with Gasteiger partial charge in [0.15, 0.2) is 11.5 Å². The zero-order valence-corrected chi connectivity index (χ0v) is 20.0. The van der Waals surface area contributed by atoms with Crippen LogP contribution < -0.4 is 18.9 Å². The third-order valence-corrected chi connectivity index (χ3v) is 6.37. The van der Waals surface area contributed by atoms with Crippen molar-refractivity contribution in [2.45, 2.75) is 5.92 Å². The molecule has 4 aromatic rings. The zero-order valence-electron chi connectivity index (χ0n) is 20.0. The second kappa shape index (κ2) is 9.47. The Morgan fingerprint density at radius 3 is 2.08 bits per heavy atom. The number of methoxy groups -OCH3 is 3. The molecule has 2 unspecified atom stereocenters. The molecule has 180 valence electrons. The second-order valence-electron chi connectivity index (χ2n) is 8.27. The van der Waals surface area contributed by atoms with Crippen molar-refractivity contribution < 1.29 is 18.9 Å². The van der Waals surface area contributed by atoms with Gasteiger partial charge in [-0.05, 0) is 28.8 Å². The van der Waals surface area contributed by atoms with E-state index in [0.29, 0.717) is 28.4 Å². The highest BCUT2D eigenvalue weighted by Crippen LogP contribution is 2.49. The predicted octanol–water partition coefficient (Wildman–Crippen LogP) is 5.41. The number of benzene rings is 3. The van der Waals surface area contributed by atoms with Crippen LogP contribution in [0.1, 0.15) is 17.0 Å². The molecule has 36 heavy (non-hydrogen) atoms. The van der Waals surface area contributed by atoms with E-state index in [-0.39, 0.29) is 11.8 Å². The van der Waals surface area contributed by atoms with Gasteiger partial charge in [-0.15, -0.1) is 5.10 Å². The Hall–Kier alpha value is -4.77. The molecule has 0 amide bonds. The number of H-pyrrole nitrogens is 1. The van der Waals surface area contributed by atoms with Crippen LogP contribution in [0.2, 0.25) is 0 Å². The molecule has 0 saturated heterocycles. The van der Waals surface area contributed by atoms with Gasteiger partial charge in [0.1, 0.15) is 5.92 Å². The van der Waals surface area contributed by atoms with Crippen LogP contribution in [-0.2, 0) is 0 Å². The number of nitrogens with one attached hydrogen (secondary N) is 2. The quantitative estimate of drug-likeness (QED) is 0.381. The van der Waals surface area contributed by atoms with E-state index in [2.05, 4.69) is 28.4 Å². The molecule has 8 nitrogen and oxygen atoms in total. The van der Waals surface area contributed by atoms with Gasteiger partial charge in [-0.1, -0.05) is 54.6 Å². The van der Waals surface area contributed by atoms with Crippen LogP contribution in [0.5, 0.6) is 23.1 Å². The van der Waals surface area contributed by atoms with Crippen LogP contribution in [0, 0.1) is 22.7 Å². The fourth-order valence-corrected chi connectivity index (χ4v) is 4.64. The van der Waals surface area contributed by atoms with E-state index in [4.69, 9.17) is 24.4 Å². The van der Waals surface area contributed by atoms with Gasteiger partial charge >= 0.3 is 0 Å². The maximum atomic E-state index is 10.0. The van der Waals surface area contributed by atoms with Gasteiger partial charge in [-0.2, -0.15) is 5.26 Å². The van der Waals surface area contributed by atoms with E-state index in [1.165, 1.54) is 21.3 Å². The Labute approximate surface area is 208 Å². The first-order valence-corrected chi connectivity index (χ1v) is 11.3. The molecule has 0 aliphatic carbocycles. The van der Waals surface area contributed by atoms with Gasteiger partial charge in [0.05, 0.1) is 38.7 Å². The van der Waals surface area contributed by atoms with E-state index in [1.807, 2.05) is 42.5 Å². The summed E-state index contributed by atoms with van der Waals surface area (Å²) in [5.41, 5.74) is 5.22. The molecule has 2 atom stereocenters. The Kier molecular flexibility index (Phi) is 6.05. The molecule has 0 radical (unpaired) electrons. The Balaban J connectivity index is 1.65. The minimum absolute atomic E-state index is 0.166. The average molecular weight is 481 g/mol. The topological polar surface area (TPSA) is 113 Å². The van der Waals surface area contributed by atoms with Gasteiger partial charge in [0.25, 0.3) is 0 Å². The molecular formula is C28H24N4O4. The monoisotopic (exact) mass is 480 g/mol. The number of hydrogen-bond donors (Lipinski definition) is 2. The molecule has 1 aliphatic heterocycles. The van der Waals surface area contributed by atoms with Gasteiger partial charge in [-0.25, -0.2) is 0 Å². The third-order valence-electron chi connectivity index (χ3n) is 6.37. The van der Waals surface area contributed by atoms with Gasteiger partial charge < -0.3 is 18.9 Å². The lowest BCUT2D eigenvalue weighted by atomic mass is 9.78. The van der Waals surface area contributed by atoms with E-state index in [0.717, 1.165) is 22.4 Å². The summed E-state index contributed by atoms with van der Waals surface area (Å²) < 4.78 is 22.2. The Morgan fingerprint density at radius 2 is 1.50 bits per heavy atom. The van der Waals surface area contributed by atoms with Crippen molar-refractivity contribution in [3.63, 3.8) is 0 Å². The first-order chi connectivity index (χ1) is 17.6. The molecule has 0 bridgehead atoms. The Morgan fingerprint density at radius 1 is 0.889 bits per heavy atom. The van der Waals surface area contributed by atoms with Gasteiger partial charge in [0, 0.05) is 11.5 Å². The maximum absolute atomic E-state index is 10.0. The van der Waals surface area contributed by atoms with Crippen molar-refractivity contribution in [1.82, 2.24) is 10.2 Å². The molecule has 8 heteroatoms. The van der Waals surface area contributed by atoms with Crippen molar-refractivity contribution in [3.8, 4) is 51.6 Å². The van der Waals surface area contributed by atoms with Crippen molar-refractivity contribution in [1.29, 1.82) is 10.7 Å². The molecule has 0 spiro atoms. The number of rotatable bonds is 6. The van der Waals surface area contributed by atoms with Gasteiger partial charge in [-0.3, -0.25) is 10.5 Å². The summed E-state index contributed by atoms with van der Waals surface area (Å²) in [7, 11) is 4.61. The summed E-state index contributed by atoms with van der Waals surface area (Å²) >= 11 is 0. The number of ether oxygens (including phenoxy) is 4. The molecule has 1 aromatic heterocycles. The highest BCUT2D eigenvalue weighted by molar-refractivity contribution is 5.87. The maximum Gasteiger partial charge on any atom is 0.244 e. The fourth-order valence-electron chi connectivity index (χ4n) is 4.64. The van der Waals surface area contributed by atoms with E-state index in [1.54, 1.807) is 12.1 Å². The second-order valence-corrected chi connectivity index (χ2v) is 8.27. The number of hydrogen-bond acceptors (Lipinski definition) is 7. The largest absolute Gasteiger partial charge is 0.493 e. The zero-order chi connectivity index (χ0) is 25.2. The molecule has 2 heterocycles. The third kappa shape index (κ3) is 3.81. The lowest BCUT2D eigenvalue weighted by Gasteiger charge is -2.29. The summed E-state index contributed by atoms with van der Waals surface area (Å²) in [4.78, 5) is 0. The normalized spacial score (nSPS) is 16.4. The van der Waals surface area contributed by atoms with Crippen LogP contribution in [0.4, 0.5) is 0 Å². The molecule has 0 fully saturated rings. The summed E-state index contributed by atoms with van der Waals surface area (Å²) in [5, 5.41) is 25.8. The van der Waals surface area contributed by atoms with Crippen LogP contribution >= 0.6 is 0 Å². The van der Waals surface area contributed by atoms with E-state index < -0.39 is 11.8 Å². The summed E-state index contributed by atoms with van der Waals surface area (Å²) in [6.07, 6.45) is 0. The number of aromatic amines is 1. The summed E-state index contributed by atoms with van der Waals surface area (Å²) in [6, 6.07) is 24.0. The minimum atomic E-state index is -0.875. The van der Waals surface area contributed by atoms with E-state index in [9.17, 15) is 5.26 Å². The lowest BCUT2D eigenvalue weighted by molar-refractivity contribution is 0.323. The van der Waals surface area contributed by atoms with E-state index >= 15 is 0 Å². The molecule has 1 aliphatic rings. The highest BCUT2D eigenvalue weighted by Gasteiger charge is 2.41. The molecular weight excluding hydrogens is 456 g/mol. The Bertz CT molecular complexity index is 1430. The smallest absolute Gasteiger partial charge is 0.244 e. The molecule has 0 saturated carbocycles. The van der Waals surface area contributed by atoms with Crippen molar-refractivity contribution in [2.24, 2.45) is 5.92 Å². The van der Waals surface area contributed by atoms with Crippen molar-refractivity contribution >= 4 is 5.90 Å². The average Bonchev–Trinajstić information content (AvgIpc) is 3.35. The highest BCUT2D eigenvalue weighted by atomic mass is 16.5. The standard InChI is InChI=1S/C28H24N4O4/c1-33-21-13-19(14-22(34-2)26(21)35-3)23-20(15-29)27(30)36-28-24(23)25(31-32-28)18-11-9-17(10-12-18)16-7-5-4-6-8-16/h4-14,20,23,30H,1-3H3,(H,31,32). The van der Waals surface area contributed by atoms with Crippen molar-refractivity contribution in [3.05, 3.63) is 77.9 Å². The van der Waals surface area contributed by atoms with Gasteiger partial charge in [0.2, 0.25) is 17.5 Å². The fraction of sp³-hybridized carbons (Fsp3) is 0.179. The molecule has 3 aromatic carbocycles. The first kappa shape index (κ1) is 23.0. The number of nitriles is 1. The SMILES string of the molecule is COc1cc(C2c3c(n[nH]c3-c3ccc(-c4ccccc4)cc3)OC(=N)C2C#N)cc(OC)c1OC. The number of nitrogens with zero attached hydrogens (tertiary/aromatic N) is 2. The van der Waals surface area contributed by atoms with Crippen LogP contribution in [0.25, 0.3) is 22.4 Å². The molecule has 5 rings (SSSR count). The van der Waals surface area contributed by atoms with Crippen LogP contribution in [0.15, 0.2) is 66.7 Å². The number of aromatic nitrogens is 2. The van der Waals surface area contributed by atoms with Crippen molar-refractivity contribution in [2.75, 3.05) is 21.3 Å². The summed E-state index contributed by atoms with van der Waals surface area (Å²) in [5.74, 6) is 0.0423. The summed E-state index contributed by atoms with van der Waals surface area (Å²) in [6.45, 7) is 0. The first-order valence-electron chi connectivity index (χ1n) is 11.3.